The molecule has 2 N–H and O–H groups in total. The van der Waals surface area contributed by atoms with E-state index in [0.717, 1.165) is 10.6 Å². The van der Waals surface area contributed by atoms with Gasteiger partial charge in [-0.15, -0.1) is 23.1 Å². The highest BCUT2D eigenvalue weighted by atomic mass is 32.2. The standard InChI is InChI=1S/C13H13NO2S2/c1-17-11-5-3-2-4-10(11)14-8-9-6-7-12(18-9)13(15)16/h2-7,14H,8H2,1H3,(H,15,16). The molecule has 0 unspecified atom stereocenters. The Labute approximate surface area is 114 Å². The SMILES string of the molecule is CSc1ccccc1NCc1ccc(C(=O)O)s1. The smallest absolute Gasteiger partial charge is 0.345 e. The summed E-state index contributed by atoms with van der Waals surface area (Å²) in [6.45, 7) is 0.648. The lowest BCUT2D eigenvalue weighted by molar-refractivity contribution is 0.0702. The number of anilines is 1. The Morgan fingerprint density at radius 2 is 2.11 bits per heavy atom. The third-order valence-corrected chi connectivity index (χ3v) is 4.30. The van der Waals surface area contributed by atoms with Gasteiger partial charge < -0.3 is 10.4 Å². The third kappa shape index (κ3) is 3.05. The van der Waals surface area contributed by atoms with E-state index in [1.165, 1.54) is 16.2 Å². The van der Waals surface area contributed by atoms with Gasteiger partial charge >= 0.3 is 5.97 Å². The quantitative estimate of drug-likeness (QED) is 0.818. The molecule has 0 radical (unpaired) electrons. The number of thiophene rings is 1. The number of nitrogens with one attached hydrogen (secondary N) is 1. The molecule has 0 amide bonds. The second-order valence-corrected chi connectivity index (χ2v) is 5.64. The van der Waals surface area contributed by atoms with Crippen LogP contribution >= 0.6 is 23.1 Å². The molecule has 0 spiro atoms. The maximum Gasteiger partial charge on any atom is 0.345 e. The predicted octanol–water partition coefficient (Wildman–Crippen LogP) is 3.78. The summed E-state index contributed by atoms with van der Waals surface area (Å²) >= 11 is 2.99. The zero-order chi connectivity index (χ0) is 13.0. The maximum absolute atomic E-state index is 10.8. The minimum atomic E-state index is -0.865. The van der Waals surface area contributed by atoms with E-state index < -0.39 is 5.97 Å². The second-order valence-electron chi connectivity index (χ2n) is 3.62. The molecule has 0 bridgehead atoms. The highest BCUT2D eigenvalue weighted by Crippen LogP contribution is 2.26. The third-order valence-electron chi connectivity index (χ3n) is 2.43. The molecule has 2 aromatic rings. The summed E-state index contributed by atoms with van der Waals surface area (Å²) in [6.07, 6.45) is 2.04. The van der Waals surface area contributed by atoms with Crippen LogP contribution in [0.4, 0.5) is 5.69 Å². The van der Waals surface area contributed by atoms with Crippen molar-refractivity contribution in [2.75, 3.05) is 11.6 Å². The van der Waals surface area contributed by atoms with E-state index in [0.29, 0.717) is 11.4 Å². The maximum atomic E-state index is 10.8. The van der Waals surface area contributed by atoms with Crippen molar-refractivity contribution in [3.05, 3.63) is 46.2 Å². The number of carbonyl (C=O) groups is 1. The minimum absolute atomic E-state index is 0.380. The molecule has 0 aliphatic rings. The number of carboxylic acid groups (broad SMARTS) is 1. The highest BCUT2D eigenvalue weighted by molar-refractivity contribution is 7.98. The van der Waals surface area contributed by atoms with Crippen molar-refractivity contribution in [3.8, 4) is 0 Å². The molecule has 0 saturated heterocycles. The van der Waals surface area contributed by atoms with Crippen LogP contribution in [0.1, 0.15) is 14.5 Å². The number of hydrogen-bond acceptors (Lipinski definition) is 4. The Balaban J connectivity index is 2.04. The first-order valence-corrected chi connectivity index (χ1v) is 7.43. The summed E-state index contributed by atoms with van der Waals surface area (Å²) in [5.41, 5.74) is 1.08. The van der Waals surface area contributed by atoms with E-state index >= 15 is 0 Å². The number of carboxylic acids is 1. The van der Waals surface area contributed by atoms with Crippen LogP contribution in [0.25, 0.3) is 0 Å². The van der Waals surface area contributed by atoms with Crippen LogP contribution in [-0.4, -0.2) is 17.3 Å². The Morgan fingerprint density at radius 3 is 2.78 bits per heavy atom. The molecule has 18 heavy (non-hydrogen) atoms. The van der Waals surface area contributed by atoms with Crippen LogP contribution in [0.3, 0.4) is 0 Å². The first kappa shape index (κ1) is 13.0. The Hall–Kier alpha value is -1.46. The first-order chi connectivity index (χ1) is 8.70. The molecule has 3 nitrogen and oxygen atoms in total. The molecule has 0 saturated carbocycles. The van der Waals surface area contributed by atoms with Gasteiger partial charge in [0.05, 0.1) is 0 Å². The fourth-order valence-corrected chi connectivity index (χ4v) is 2.92. The van der Waals surface area contributed by atoms with Crippen molar-refractivity contribution >= 4 is 34.8 Å². The monoisotopic (exact) mass is 279 g/mol. The molecule has 0 atom stereocenters. The van der Waals surface area contributed by atoms with E-state index in [-0.39, 0.29) is 0 Å². The second kappa shape index (κ2) is 5.93. The van der Waals surface area contributed by atoms with Gasteiger partial charge in [0.2, 0.25) is 0 Å². The molecule has 0 fully saturated rings. The van der Waals surface area contributed by atoms with E-state index in [4.69, 9.17) is 5.11 Å². The molecule has 1 aromatic heterocycles. The molecule has 2 rings (SSSR count). The van der Waals surface area contributed by atoms with Gasteiger partial charge in [-0.05, 0) is 30.5 Å². The topological polar surface area (TPSA) is 49.3 Å². The lowest BCUT2D eigenvalue weighted by Gasteiger charge is -2.08. The molecule has 5 heteroatoms. The summed E-state index contributed by atoms with van der Waals surface area (Å²) in [5.74, 6) is -0.865. The van der Waals surface area contributed by atoms with Gasteiger partial charge in [0.1, 0.15) is 4.88 Å². The van der Waals surface area contributed by atoms with Gasteiger partial charge in [-0.3, -0.25) is 0 Å². The van der Waals surface area contributed by atoms with Crippen LogP contribution in [0.15, 0.2) is 41.3 Å². The van der Waals surface area contributed by atoms with E-state index in [9.17, 15) is 4.79 Å². The minimum Gasteiger partial charge on any atom is -0.477 e. The number of benzene rings is 1. The normalized spacial score (nSPS) is 10.3. The number of thioether (sulfide) groups is 1. The van der Waals surface area contributed by atoms with Gasteiger partial charge in [0.25, 0.3) is 0 Å². The number of aromatic carboxylic acids is 1. The van der Waals surface area contributed by atoms with Crippen LogP contribution in [-0.2, 0) is 6.54 Å². The molecule has 1 heterocycles. The van der Waals surface area contributed by atoms with E-state index in [2.05, 4.69) is 11.4 Å². The van der Waals surface area contributed by atoms with E-state index in [1.54, 1.807) is 17.8 Å². The summed E-state index contributed by atoms with van der Waals surface area (Å²) in [4.78, 5) is 13.4. The summed E-state index contributed by atoms with van der Waals surface area (Å²) in [7, 11) is 0. The Kier molecular flexibility index (Phi) is 4.28. The highest BCUT2D eigenvalue weighted by Gasteiger charge is 2.07. The van der Waals surface area contributed by atoms with Gasteiger partial charge in [-0.1, -0.05) is 12.1 Å². The average molecular weight is 279 g/mol. The molecule has 0 aliphatic heterocycles. The van der Waals surface area contributed by atoms with Crippen LogP contribution in [0.2, 0.25) is 0 Å². The molecule has 94 valence electrons. The fourth-order valence-electron chi connectivity index (χ4n) is 1.56. The number of hydrogen-bond donors (Lipinski definition) is 2. The predicted molar refractivity (Wildman–Crippen MR) is 76.8 cm³/mol. The van der Waals surface area contributed by atoms with Crippen molar-refractivity contribution in [2.45, 2.75) is 11.4 Å². The van der Waals surface area contributed by atoms with Crippen molar-refractivity contribution in [3.63, 3.8) is 0 Å². The number of para-hydroxylation sites is 1. The number of rotatable bonds is 5. The van der Waals surface area contributed by atoms with Gasteiger partial charge in [0, 0.05) is 22.0 Å². The van der Waals surface area contributed by atoms with Crippen LogP contribution in [0.5, 0.6) is 0 Å². The summed E-state index contributed by atoms with van der Waals surface area (Å²) < 4.78 is 0. The summed E-state index contributed by atoms with van der Waals surface area (Å²) in [6, 6.07) is 11.6. The molecule has 1 aromatic carbocycles. The first-order valence-electron chi connectivity index (χ1n) is 5.39. The van der Waals surface area contributed by atoms with Gasteiger partial charge in [0.15, 0.2) is 0 Å². The summed E-state index contributed by atoms with van der Waals surface area (Å²) in [5, 5.41) is 12.2. The van der Waals surface area contributed by atoms with Crippen molar-refractivity contribution in [2.24, 2.45) is 0 Å². The van der Waals surface area contributed by atoms with Crippen molar-refractivity contribution < 1.29 is 9.90 Å². The zero-order valence-corrected chi connectivity index (χ0v) is 11.5. The van der Waals surface area contributed by atoms with Gasteiger partial charge in [-0.2, -0.15) is 0 Å². The fraction of sp³-hybridized carbons (Fsp3) is 0.154. The van der Waals surface area contributed by atoms with E-state index in [1.807, 2.05) is 30.5 Å². The van der Waals surface area contributed by atoms with Crippen molar-refractivity contribution in [1.29, 1.82) is 0 Å². The van der Waals surface area contributed by atoms with Crippen LogP contribution < -0.4 is 5.32 Å². The lowest BCUT2D eigenvalue weighted by atomic mass is 10.3. The van der Waals surface area contributed by atoms with Gasteiger partial charge in [-0.25, -0.2) is 4.79 Å². The largest absolute Gasteiger partial charge is 0.477 e. The Bertz CT molecular complexity index is 551. The molecular formula is C13H13NO2S2. The average Bonchev–Trinajstić information content (AvgIpc) is 2.85. The van der Waals surface area contributed by atoms with Crippen molar-refractivity contribution in [1.82, 2.24) is 0 Å². The lowest BCUT2D eigenvalue weighted by Crippen LogP contribution is -1.98. The Morgan fingerprint density at radius 1 is 1.33 bits per heavy atom. The van der Waals surface area contributed by atoms with Crippen LogP contribution in [0, 0.1) is 0 Å². The molecular weight excluding hydrogens is 266 g/mol. The molecule has 0 aliphatic carbocycles. The zero-order valence-electron chi connectivity index (χ0n) is 9.84.